The Labute approximate surface area is 115 Å². The number of carbonyl (C=O) groups is 1. The number of nitrogens with one attached hydrogen (secondary N) is 1. The molecule has 4 heteroatoms. The number of amides is 1. The minimum absolute atomic E-state index is 0.288. The maximum Gasteiger partial charge on any atom is 0.234 e. The molecule has 0 fully saturated rings. The van der Waals surface area contributed by atoms with Gasteiger partial charge in [-0.05, 0) is 44.0 Å². The number of unbranched alkanes of at least 4 members (excludes halogenated alkanes) is 1. The van der Waals surface area contributed by atoms with E-state index in [2.05, 4.69) is 18.3 Å². The van der Waals surface area contributed by atoms with E-state index in [4.69, 9.17) is 10.5 Å². The molecule has 0 heterocycles. The standard InChI is InChI=1S/C15H24N2O2/c1-3-4-10-19-14-7-5-6-13(11-14)8-9-17-12(2)15(16)18/h5-7,11-12,17H,3-4,8-10H2,1-2H3,(H2,16,18)/t12-/m0/s1. The Kier molecular flexibility index (Phi) is 6.97. The highest BCUT2D eigenvalue weighted by Gasteiger charge is 2.06. The lowest BCUT2D eigenvalue weighted by Gasteiger charge is -2.11. The van der Waals surface area contributed by atoms with E-state index < -0.39 is 0 Å². The zero-order chi connectivity index (χ0) is 14.1. The molecule has 0 aliphatic heterocycles. The first-order valence-electron chi connectivity index (χ1n) is 6.88. The van der Waals surface area contributed by atoms with Crippen molar-refractivity contribution < 1.29 is 9.53 Å². The van der Waals surface area contributed by atoms with E-state index >= 15 is 0 Å². The van der Waals surface area contributed by atoms with Crippen molar-refractivity contribution in [1.82, 2.24) is 5.32 Å². The molecular weight excluding hydrogens is 240 g/mol. The molecule has 1 atom stereocenters. The topological polar surface area (TPSA) is 64.3 Å². The van der Waals surface area contributed by atoms with Crippen LogP contribution in [0.15, 0.2) is 24.3 Å². The molecule has 0 aromatic heterocycles. The summed E-state index contributed by atoms with van der Waals surface area (Å²) in [5.41, 5.74) is 6.38. The highest BCUT2D eigenvalue weighted by Crippen LogP contribution is 2.14. The second-order valence-corrected chi connectivity index (χ2v) is 4.68. The average Bonchev–Trinajstić information content (AvgIpc) is 2.39. The van der Waals surface area contributed by atoms with Crippen molar-refractivity contribution in [2.24, 2.45) is 5.73 Å². The van der Waals surface area contributed by atoms with Crippen molar-refractivity contribution in [3.05, 3.63) is 29.8 Å². The van der Waals surface area contributed by atoms with Gasteiger partial charge >= 0.3 is 0 Å². The largest absolute Gasteiger partial charge is 0.494 e. The maximum atomic E-state index is 10.9. The van der Waals surface area contributed by atoms with Crippen LogP contribution in [0.5, 0.6) is 5.75 Å². The molecule has 1 rings (SSSR count). The zero-order valence-corrected chi connectivity index (χ0v) is 11.8. The van der Waals surface area contributed by atoms with Gasteiger partial charge in [-0.25, -0.2) is 0 Å². The quantitative estimate of drug-likeness (QED) is 0.669. The third kappa shape index (κ3) is 6.25. The number of ether oxygens (including phenoxy) is 1. The van der Waals surface area contributed by atoms with Crippen molar-refractivity contribution >= 4 is 5.91 Å². The van der Waals surface area contributed by atoms with E-state index in [1.807, 2.05) is 18.2 Å². The molecule has 1 aromatic carbocycles. The number of hydrogen-bond donors (Lipinski definition) is 2. The highest BCUT2D eigenvalue weighted by molar-refractivity contribution is 5.79. The van der Waals surface area contributed by atoms with E-state index in [0.717, 1.165) is 38.2 Å². The molecule has 1 aromatic rings. The molecule has 106 valence electrons. The Morgan fingerprint density at radius 3 is 2.95 bits per heavy atom. The van der Waals surface area contributed by atoms with Gasteiger partial charge in [-0.15, -0.1) is 0 Å². The van der Waals surface area contributed by atoms with Gasteiger partial charge in [-0.2, -0.15) is 0 Å². The molecule has 3 N–H and O–H groups in total. The summed E-state index contributed by atoms with van der Waals surface area (Å²) in [6.07, 6.45) is 3.05. The Hall–Kier alpha value is -1.55. The fourth-order valence-corrected chi connectivity index (χ4v) is 1.66. The van der Waals surface area contributed by atoms with Gasteiger partial charge in [0.05, 0.1) is 12.6 Å². The van der Waals surface area contributed by atoms with Crippen LogP contribution < -0.4 is 15.8 Å². The summed E-state index contributed by atoms with van der Waals surface area (Å²) < 4.78 is 5.66. The first kappa shape index (κ1) is 15.5. The zero-order valence-electron chi connectivity index (χ0n) is 11.8. The van der Waals surface area contributed by atoms with Crippen LogP contribution in [-0.2, 0) is 11.2 Å². The molecule has 0 unspecified atom stereocenters. The van der Waals surface area contributed by atoms with Gasteiger partial charge in [0.15, 0.2) is 0 Å². The van der Waals surface area contributed by atoms with Crippen LogP contribution in [0.4, 0.5) is 0 Å². The average molecular weight is 264 g/mol. The number of hydrogen-bond acceptors (Lipinski definition) is 3. The predicted octanol–water partition coefficient (Wildman–Crippen LogP) is 1.87. The molecule has 0 radical (unpaired) electrons. The van der Waals surface area contributed by atoms with Crippen LogP contribution in [0.2, 0.25) is 0 Å². The molecule has 0 aliphatic carbocycles. The van der Waals surface area contributed by atoms with Crippen molar-refractivity contribution in [3.8, 4) is 5.75 Å². The Morgan fingerprint density at radius 2 is 2.26 bits per heavy atom. The van der Waals surface area contributed by atoms with Crippen LogP contribution in [0.3, 0.4) is 0 Å². The number of primary amides is 1. The van der Waals surface area contributed by atoms with Gasteiger partial charge in [0, 0.05) is 0 Å². The summed E-state index contributed by atoms with van der Waals surface area (Å²) in [7, 11) is 0. The van der Waals surface area contributed by atoms with E-state index in [0.29, 0.717) is 0 Å². The van der Waals surface area contributed by atoms with E-state index in [1.54, 1.807) is 6.92 Å². The molecule has 0 bridgehead atoms. The summed E-state index contributed by atoms with van der Waals surface area (Å²) in [5, 5.41) is 3.09. The third-order valence-corrected chi connectivity index (χ3v) is 2.96. The molecule has 0 spiro atoms. The van der Waals surface area contributed by atoms with Crippen LogP contribution in [0.25, 0.3) is 0 Å². The monoisotopic (exact) mass is 264 g/mol. The molecule has 0 saturated carbocycles. The summed E-state index contributed by atoms with van der Waals surface area (Å²) >= 11 is 0. The van der Waals surface area contributed by atoms with E-state index in [-0.39, 0.29) is 11.9 Å². The summed E-state index contributed by atoms with van der Waals surface area (Å²) in [6.45, 7) is 5.40. The van der Waals surface area contributed by atoms with Crippen LogP contribution in [0, 0.1) is 0 Å². The number of nitrogens with two attached hydrogens (primary N) is 1. The SMILES string of the molecule is CCCCOc1cccc(CCN[C@@H](C)C(N)=O)c1. The van der Waals surface area contributed by atoms with E-state index in [9.17, 15) is 4.79 Å². The van der Waals surface area contributed by atoms with E-state index in [1.165, 1.54) is 5.56 Å². The van der Waals surface area contributed by atoms with Gasteiger partial charge in [-0.1, -0.05) is 25.5 Å². The highest BCUT2D eigenvalue weighted by atomic mass is 16.5. The van der Waals surface area contributed by atoms with Gasteiger partial charge < -0.3 is 15.8 Å². The normalized spacial score (nSPS) is 12.1. The van der Waals surface area contributed by atoms with Crippen molar-refractivity contribution in [3.63, 3.8) is 0 Å². The van der Waals surface area contributed by atoms with Crippen molar-refractivity contribution in [2.45, 2.75) is 39.2 Å². The van der Waals surface area contributed by atoms with Crippen molar-refractivity contribution in [1.29, 1.82) is 0 Å². The predicted molar refractivity (Wildman–Crippen MR) is 77.2 cm³/mol. The number of benzene rings is 1. The lowest BCUT2D eigenvalue weighted by molar-refractivity contribution is -0.119. The first-order chi connectivity index (χ1) is 9.13. The lowest BCUT2D eigenvalue weighted by atomic mass is 10.1. The van der Waals surface area contributed by atoms with Crippen LogP contribution in [-0.4, -0.2) is 25.1 Å². The van der Waals surface area contributed by atoms with Gasteiger partial charge in [-0.3, -0.25) is 4.79 Å². The van der Waals surface area contributed by atoms with Crippen LogP contribution >= 0.6 is 0 Å². The molecule has 0 aliphatic rings. The first-order valence-corrected chi connectivity index (χ1v) is 6.88. The van der Waals surface area contributed by atoms with Gasteiger partial charge in [0.1, 0.15) is 5.75 Å². The lowest BCUT2D eigenvalue weighted by Crippen LogP contribution is -2.39. The summed E-state index contributed by atoms with van der Waals surface area (Å²) in [4.78, 5) is 10.9. The second-order valence-electron chi connectivity index (χ2n) is 4.68. The second kappa shape index (κ2) is 8.53. The molecule has 4 nitrogen and oxygen atoms in total. The fourth-order valence-electron chi connectivity index (χ4n) is 1.66. The third-order valence-electron chi connectivity index (χ3n) is 2.96. The number of carbonyl (C=O) groups excluding carboxylic acids is 1. The van der Waals surface area contributed by atoms with Crippen LogP contribution in [0.1, 0.15) is 32.3 Å². The Morgan fingerprint density at radius 1 is 1.47 bits per heavy atom. The smallest absolute Gasteiger partial charge is 0.234 e. The summed E-state index contributed by atoms with van der Waals surface area (Å²) in [5.74, 6) is 0.588. The minimum atomic E-state index is -0.323. The molecule has 19 heavy (non-hydrogen) atoms. The minimum Gasteiger partial charge on any atom is -0.494 e. The number of rotatable bonds is 9. The molecule has 1 amide bonds. The molecule has 0 saturated heterocycles. The van der Waals surface area contributed by atoms with Gasteiger partial charge in [0.2, 0.25) is 5.91 Å². The summed E-state index contributed by atoms with van der Waals surface area (Å²) in [6, 6.07) is 7.78. The Bertz CT molecular complexity index is 393. The van der Waals surface area contributed by atoms with Gasteiger partial charge in [0.25, 0.3) is 0 Å². The Balaban J connectivity index is 2.37. The molecular formula is C15H24N2O2. The fraction of sp³-hybridized carbons (Fsp3) is 0.533. The maximum absolute atomic E-state index is 10.9. The van der Waals surface area contributed by atoms with Crippen molar-refractivity contribution in [2.75, 3.05) is 13.2 Å².